The zero-order valence-electron chi connectivity index (χ0n) is 19.7. The Morgan fingerprint density at radius 2 is 1.78 bits per heavy atom. The van der Waals surface area contributed by atoms with E-state index in [0.717, 1.165) is 46.5 Å². The maximum absolute atomic E-state index is 10.9. The summed E-state index contributed by atoms with van der Waals surface area (Å²) in [6, 6.07) is 17.8. The highest BCUT2D eigenvalue weighted by atomic mass is 16.5. The van der Waals surface area contributed by atoms with Crippen LogP contribution in [0.3, 0.4) is 0 Å². The second-order valence-corrected chi connectivity index (χ2v) is 8.99. The average molecular weight is 485 g/mol. The number of anilines is 1. The minimum absolute atomic E-state index is 0.171. The van der Waals surface area contributed by atoms with Crippen LogP contribution in [-0.4, -0.2) is 38.1 Å². The highest BCUT2D eigenvalue weighted by Crippen LogP contribution is 2.40. The molecule has 0 radical (unpaired) electrons. The Balaban J connectivity index is 1.39. The zero-order valence-corrected chi connectivity index (χ0v) is 19.7. The normalized spacial score (nSPS) is 20.4. The first-order chi connectivity index (χ1) is 17.6. The topological polar surface area (TPSA) is 149 Å². The van der Waals surface area contributed by atoms with Gasteiger partial charge < -0.3 is 26.0 Å². The van der Waals surface area contributed by atoms with Crippen LogP contribution in [0.2, 0.25) is 0 Å². The van der Waals surface area contributed by atoms with Crippen molar-refractivity contribution in [3.8, 4) is 22.6 Å². The summed E-state index contributed by atoms with van der Waals surface area (Å²) in [5.74, 6) is 6.95. The second-order valence-electron chi connectivity index (χ2n) is 8.99. The molecule has 5 N–H and O–H groups in total. The Morgan fingerprint density at radius 1 is 1.06 bits per heavy atom. The van der Waals surface area contributed by atoms with E-state index in [2.05, 4.69) is 36.1 Å². The number of aliphatic hydroxyl groups is 1. The summed E-state index contributed by atoms with van der Waals surface area (Å²) in [7, 11) is 0. The fourth-order valence-electron chi connectivity index (χ4n) is 4.79. The van der Waals surface area contributed by atoms with Crippen LogP contribution in [0.15, 0.2) is 82.5 Å². The maximum atomic E-state index is 10.9. The zero-order chi connectivity index (χ0) is 25.0. The molecular weight excluding hydrogens is 456 g/mol. The second kappa shape index (κ2) is 10.1. The van der Waals surface area contributed by atoms with Gasteiger partial charge in [-0.25, -0.2) is 9.97 Å². The molecule has 1 saturated carbocycles. The Morgan fingerprint density at radius 3 is 2.50 bits per heavy atom. The van der Waals surface area contributed by atoms with Gasteiger partial charge in [-0.1, -0.05) is 35.6 Å². The summed E-state index contributed by atoms with van der Waals surface area (Å²) in [6.45, 7) is 0.267. The molecule has 0 aliphatic heterocycles. The summed E-state index contributed by atoms with van der Waals surface area (Å²) in [6.07, 6.45) is 7.63. The van der Waals surface area contributed by atoms with Gasteiger partial charge in [0.25, 0.3) is 0 Å². The van der Waals surface area contributed by atoms with E-state index in [1.165, 1.54) is 12.7 Å². The fraction of sp³-hybridized carbons (Fsp3) is 0.269. The number of aliphatic imine (C=N–C) groups is 1. The maximum Gasteiger partial charge on any atom is 0.146 e. The number of ether oxygens (including phenoxy) is 1. The number of nitrogen functional groups attached to an aromatic ring is 1. The molecule has 5 rings (SSSR count). The minimum atomic E-state index is -0.870. The van der Waals surface area contributed by atoms with E-state index in [1.807, 2.05) is 54.6 Å². The lowest BCUT2D eigenvalue weighted by Crippen LogP contribution is -2.37. The van der Waals surface area contributed by atoms with E-state index in [9.17, 15) is 5.11 Å². The number of nitrogens with two attached hydrogens (primary N) is 2. The van der Waals surface area contributed by atoms with Crippen molar-refractivity contribution in [2.24, 2.45) is 21.2 Å². The molecule has 2 heterocycles. The summed E-state index contributed by atoms with van der Waals surface area (Å²) in [4.78, 5) is 12.9. The molecule has 184 valence electrons. The number of hydrogen-bond donors (Lipinski definition) is 3. The number of para-hydroxylation sites is 1. The standard InChI is InChI=1S/C26H28N8O2/c27-24-23-22(18-6-8-21(9-7-18)36-20-4-2-1-3-5-20)14-34(25(23)31-17-30-24)19-10-12-26(35,13-11-19)15-29-16-32-33-28/h1-9,14,16-17,19,35H,10-13,15H2,(H2,27,30,31)(H2,28,29,32). The van der Waals surface area contributed by atoms with Gasteiger partial charge in [0, 0.05) is 17.8 Å². The third kappa shape index (κ3) is 4.89. The van der Waals surface area contributed by atoms with Gasteiger partial charge in [0.05, 0.1) is 17.5 Å². The Kier molecular flexibility index (Phi) is 6.59. The van der Waals surface area contributed by atoms with E-state index in [-0.39, 0.29) is 12.6 Å². The van der Waals surface area contributed by atoms with Gasteiger partial charge >= 0.3 is 0 Å². The molecule has 1 aliphatic rings. The monoisotopic (exact) mass is 484 g/mol. The number of rotatable bonds is 7. The van der Waals surface area contributed by atoms with Crippen LogP contribution in [0.25, 0.3) is 22.2 Å². The Labute approximate surface area is 208 Å². The predicted molar refractivity (Wildman–Crippen MR) is 139 cm³/mol. The van der Waals surface area contributed by atoms with Crippen molar-refractivity contribution < 1.29 is 9.84 Å². The lowest BCUT2D eigenvalue weighted by Gasteiger charge is -2.35. The largest absolute Gasteiger partial charge is 0.457 e. The van der Waals surface area contributed by atoms with Crippen LogP contribution < -0.4 is 16.3 Å². The molecule has 0 unspecified atom stereocenters. The summed E-state index contributed by atoms with van der Waals surface area (Å²) < 4.78 is 8.11. The minimum Gasteiger partial charge on any atom is -0.457 e. The summed E-state index contributed by atoms with van der Waals surface area (Å²) in [5, 5.41) is 18.4. The van der Waals surface area contributed by atoms with E-state index < -0.39 is 5.60 Å². The van der Waals surface area contributed by atoms with Crippen molar-refractivity contribution in [2.75, 3.05) is 12.3 Å². The number of nitrogens with zero attached hydrogens (tertiary/aromatic N) is 6. The highest BCUT2D eigenvalue weighted by molar-refractivity contribution is 6.00. The molecular formula is C26H28N8O2. The molecule has 1 aliphatic carbocycles. The molecule has 4 aromatic rings. The molecule has 2 aromatic carbocycles. The first-order valence-corrected chi connectivity index (χ1v) is 11.8. The Hall–Kier alpha value is -4.31. The van der Waals surface area contributed by atoms with Crippen molar-refractivity contribution in [3.05, 3.63) is 67.1 Å². The van der Waals surface area contributed by atoms with Crippen LogP contribution in [0.4, 0.5) is 5.82 Å². The van der Waals surface area contributed by atoms with Crippen LogP contribution in [0.5, 0.6) is 11.5 Å². The quantitative estimate of drug-likeness (QED) is 0.114. The van der Waals surface area contributed by atoms with Crippen LogP contribution in [-0.2, 0) is 0 Å². The van der Waals surface area contributed by atoms with Crippen molar-refractivity contribution in [2.45, 2.75) is 37.3 Å². The number of aromatic nitrogens is 3. The third-order valence-electron chi connectivity index (χ3n) is 6.65. The molecule has 0 saturated heterocycles. The third-order valence-corrected chi connectivity index (χ3v) is 6.65. The van der Waals surface area contributed by atoms with Gasteiger partial charge in [0.2, 0.25) is 0 Å². The van der Waals surface area contributed by atoms with Crippen molar-refractivity contribution in [1.29, 1.82) is 0 Å². The number of hydrogen-bond acceptors (Lipinski definition) is 7. The first-order valence-electron chi connectivity index (χ1n) is 11.8. The first kappa shape index (κ1) is 23.4. The smallest absolute Gasteiger partial charge is 0.146 e. The molecule has 10 heteroatoms. The Bertz CT molecular complexity index is 1370. The van der Waals surface area contributed by atoms with Crippen LogP contribution in [0, 0.1) is 0 Å². The molecule has 0 spiro atoms. The van der Waals surface area contributed by atoms with Gasteiger partial charge in [-0.2, -0.15) is 0 Å². The van der Waals surface area contributed by atoms with Crippen molar-refractivity contribution >= 4 is 23.2 Å². The van der Waals surface area contributed by atoms with Gasteiger partial charge in [0.1, 0.15) is 35.6 Å². The summed E-state index contributed by atoms with van der Waals surface area (Å²) >= 11 is 0. The van der Waals surface area contributed by atoms with Gasteiger partial charge in [-0.15, -0.1) is 5.11 Å². The van der Waals surface area contributed by atoms with E-state index in [0.29, 0.717) is 18.7 Å². The van der Waals surface area contributed by atoms with Crippen molar-refractivity contribution in [3.63, 3.8) is 0 Å². The molecule has 10 nitrogen and oxygen atoms in total. The predicted octanol–water partition coefficient (Wildman–Crippen LogP) is 4.67. The molecule has 2 aromatic heterocycles. The lowest BCUT2D eigenvalue weighted by molar-refractivity contribution is 0.00182. The van der Waals surface area contributed by atoms with E-state index in [1.54, 1.807) is 0 Å². The molecule has 36 heavy (non-hydrogen) atoms. The summed E-state index contributed by atoms with van der Waals surface area (Å²) in [5.41, 5.74) is 8.20. The molecule has 0 amide bonds. The van der Waals surface area contributed by atoms with Crippen LogP contribution >= 0.6 is 0 Å². The SMILES string of the molecule is NN=NC=NCC1(O)CCC(n2cc(-c3ccc(Oc4ccccc4)cc3)c3c(N)ncnc32)CC1. The van der Waals surface area contributed by atoms with E-state index >= 15 is 0 Å². The van der Waals surface area contributed by atoms with Gasteiger partial charge in [-0.05, 0) is 55.5 Å². The number of fused-ring (bicyclic) bond motifs is 1. The highest BCUT2D eigenvalue weighted by Gasteiger charge is 2.34. The fourth-order valence-corrected chi connectivity index (χ4v) is 4.79. The van der Waals surface area contributed by atoms with Crippen LogP contribution in [0.1, 0.15) is 31.7 Å². The van der Waals surface area contributed by atoms with Gasteiger partial charge in [-0.3, -0.25) is 4.99 Å². The average Bonchev–Trinajstić information content (AvgIpc) is 3.29. The molecule has 0 atom stereocenters. The molecule has 0 bridgehead atoms. The van der Waals surface area contributed by atoms with Gasteiger partial charge in [0.15, 0.2) is 0 Å². The number of benzene rings is 2. The lowest BCUT2D eigenvalue weighted by atomic mass is 9.82. The van der Waals surface area contributed by atoms with Crippen molar-refractivity contribution in [1.82, 2.24) is 14.5 Å². The molecule has 1 fully saturated rings. The van der Waals surface area contributed by atoms with E-state index in [4.69, 9.17) is 16.3 Å².